The third kappa shape index (κ3) is 4.28. The van der Waals surface area contributed by atoms with Crippen molar-refractivity contribution in [3.63, 3.8) is 0 Å². The van der Waals surface area contributed by atoms with Crippen LogP contribution in [-0.2, 0) is 5.54 Å². The Labute approximate surface area is 159 Å². The number of nitrogens with zero attached hydrogens (tertiary/aromatic N) is 6. The van der Waals surface area contributed by atoms with Gasteiger partial charge in [-0.3, -0.25) is 9.80 Å². The van der Waals surface area contributed by atoms with Gasteiger partial charge in [0.15, 0.2) is 5.82 Å². The summed E-state index contributed by atoms with van der Waals surface area (Å²) in [5.41, 5.74) is -0.0419. The number of rotatable bonds is 7. The fraction of sp³-hybridized carbons (Fsp3) is 0.950. The van der Waals surface area contributed by atoms with E-state index >= 15 is 0 Å². The van der Waals surface area contributed by atoms with Gasteiger partial charge in [0.05, 0.1) is 11.6 Å². The number of hydrogen-bond acceptors (Lipinski definition) is 5. The maximum atomic E-state index is 4.50. The van der Waals surface area contributed by atoms with Gasteiger partial charge in [-0.25, -0.2) is 4.68 Å². The van der Waals surface area contributed by atoms with Crippen LogP contribution in [0, 0.1) is 5.92 Å². The first-order valence-corrected chi connectivity index (χ1v) is 10.7. The molecule has 2 heterocycles. The molecule has 26 heavy (non-hydrogen) atoms. The van der Waals surface area contributed by atoms with Crippen molar-refractivity contribution in [1.29, 1.82) is 0 Å². The van der Waals surface area contributed by atoms with E-state index in [4.69, 9.17) is 0 Å². The molecule has 0 bridgehead atoms. The molecule has 1 saturated heterocycles. The molecule has 1 aromatic rings. The molecular formula is C20H38N6. The number of tetrazole rings is 1. The molecule has 1 aliphatic heterocycles. The van der Waals surface area contributed by atoms with E-state index in [0.717, 1.165) is 37.8 Å². The van der Waals surface area contributed by atoms with Crippen molar-refractivity contribution in [3.05, 3.63) is 5.82 Å². The largest absolute Gasteiger partial charge is 0.298 e. The molecule has 0 N–H and O–H groups in total. The fourth-order valence-corrected chi connectivity index (χ4v) is 4.53. The molecule has 0 radical (unpaired) electrons. The minimum atomic E-state index is -0.0419. The lowest BCUT2D eigenvalue weighted by molar-refractivity contribution is 0.0564. The topological polar surface area (TPSA) is 50.1 Å². The van der Waals surface area contributed by atoms with E-state index in [1.54, 1.807) is 0 Å². The van der Waals surface area contributed by atoms with Crippen LogP contribution in [0.15, 0.2) is 0 Å². The second kappa shape index (κ2) is 8.34. The highest BCUT2D eigenvalue weighted by molar-refractivity contribution is 4.99. The summed E-state index contributed by atoms with van der Waals surface area (Å²) in [5.74, 6) is 1.68. The zero-order valence-corrected chi connectivity index (χ0v) is 17.5. The summed E-state index contributed by atoms with van der Waals surface area (Å²) < 4.78 is 2.09. The Balaban J connectivity index is 1.74. The maximum Gasteiger partial charge on any atom is 0.168 e. The number of piperazine rings is 1. The molecule has 0 amide bonds. The lowest BCUT2D eigenvalue weighted by atomic mass is 9.98. The zero-order chi connectivity index (χ0) is 18.7. The summed E-state index contributed by atoms with van der Waals surface area (Å²) in [6, 6.07) is 1.16. The van der Waals surface area contributed by atoms with Gasteiger partial charge in [-0.15, -0.1) is 5.10 Å². The average molecular weight is 363 g/mol. The van der Waals surface area contributed by atoms with Gasteiger partial charge in [0.2, 0.25) is 0 Å². The lowest BCUT2D eigenvalue weighted by Gasteiger charge is -2.42. The normalized spacial score (nSPS) is 22.4. The van der Waals surface area contributed by atoms with Crippen LogP contribution in [0.1, 0.15) is 85.0 Å². The standard InChI is InChI=1S/C20H38N6/c1-6-20(4,5)26-19(21-22-23-26)18(15-16(2)3)25-13-11-24(12-14-25)17-9-7-8-10-17/h16-18H,6-15H2,1-5H3/t18-/m1/s1. The van der Waals surface area contributed by atoms with Gasteiger partial charge < -0.3 is 0 Å². The van der Waals surface area contributed by atoms with Crippen LogP contribution in [0.5, 0.6) is 0 Å². The van der Waals surface area contributed by atoms with Gasteiger partial charge in [-0.05, 0) is 55.9 Å². The summed E-state index contributed by atoms with van der Waals surface area (Å²) in [6.45, 7) is 15.9. The molecule has 0 spiro atoms. The van der Waals surface area contributed by atoms with Crippen LogP contribution >= 0.6 is 0 Å². The molecule has 6 nitrogen and oxygen atoms in total. The molecule has 1 atom stereocenters. The summed E-state index contributed by atoms with van der Waals surface area (Å²) in [6.07, 6.45) is 7.78. The van der Waals surface area contributed by atoms with Crippen molar-refractivity contribution in [3.8, 4) is 0 Å². The molecule has 0 unspecified atom stereocenters. The molecule has 148 valence electrons. The van der Waals surface area contributed by atoms with E-state index < -0.39 is 0 Å². The third-order valence-corrected chi connectivity index (χ3v) is 6.56. The third-order valence-electron chi connectivity index (χ3n) is 6.56. The average Bonchev–Trinajstić information content (AvgIpc) is 3.31. The van der Waals surface area contributed by atoms with Crippen LogP contribution in [0.2, 0.25) is 0 Å². The van der Waals surface area contributed by atoms with Crippen LogP contribution in [-0.4, -0.2) is 62.2 Å². The Morgan fingerprint density at radius 2 is 1.73 bits per heavy atom. The van der Waals surface area contributed by atoms with Crippen molar-refractivity contribution in [1.82, 2.24) is 30.0 Å². The van der Waals surface area contributed by atoms with Gasteiger partial charge >= 0.3 is 0 Å². The van der Waals surface area contributed by atoms with Crippen LogP contribution in [0.4, 0.5) is 0 Å². The minimum absolute atomic E-state index is 0.0419. The molecule has 2 fully saturated rings. The fourth-order valence-electron chi connectivity index (χ4n) is 4.53. The smallest absolute Gasteiger partial charge is 0.168 e. The Bertz CT molecular complexity index is 552. The van der Waals surface area contributed by atoms with E-state index in [0.29, 0.717) is 12.0 Å². The number of aromatic nitrogens is 4. The molecule has 0 aromatic carbocycles. The Kier molecular flexibility index (Phi) is 6.33. The summed E-state index contributed by atoms with van der Waals surface area (Å²) in [5, 5.41) is 12.9. The van der Waals surface area contributed by atoms with Gasteiger partial charge in [0, 0.05) is 32.2 Å². The van der Waals surface area contributed by atoms with E-state index in [2.05, 4.69) is 64.6 Å². The van der Waals surface area contributed by atoms with Crippen LogP contribution in [0.3, 0.4) is 0 Å². The van der Waals surface area contributed by atoms with E-state index in [-0.39, 0.29) is 5.54 Å². The highest BCUT2D eigenvalue weighted by atomic mass is 15.6. The highest BCUT2D eigenvalue weighted by Crippen LogP contribution is 2.32. The SMILES string of the molecule is CCC(C)(C)n1nnnc1[C@@H](CC(C)C)N1CCN(C2CCCC2)CC1. The van der Waals surface area contributed by atoms with Crippen LogP contribution < -0.4 is 0 Å². The monoisotopic (exact) mass is 362 g/mol. The second-order valence-corrected chi connectivity index (χ2v) is 9.27. The second-order valence-electron chi connectivity index (χ2n) is 9.27. The molecule has 2 aliphatic rings. The molecule has 1 aliphatic carbocycles. The minimum Gasteiger partial charge on any atom is -0.298 e. The molecule has 1 aromatic heterocycles. The van der Waals surface area contributed by atoms with Crippen molar-refractivity contribution in [2.45, 2.75) is 90.8 Å². The predicted molar refractivity (Wildman–Crippen MR) is 105 cm³/mol. The van der Waals surface area contributed by atoms with Crippen molar-refractivity contribution >= 4 is 0 Å². The first-order valence-electron chi connectivity index (χ1n) is 10.7. The van der Waals surface area contributed by atoms with Gasteiger partial charge in [0.25, 0.3) is 0 Å². The first kappa shape index (κ1) is 19.7. The van der Waals surface area contributed by atoms with E-state index in [9.17, 15) is 0 Å². The van der Waals surface area contributed by atoms with Crippen molar-refractivity contribution < 1.29 is 0 Å². The number of hydrogen-bond donors (Lipinski definition) is 0. The maximum absolute atomic E-state index is 4.50. The zero-order valence-electron chi connectivity index (χ0n) is 17.5. The summed E-state index contributed by atoms with van der Waals surface area (Å²) in [7, 11) is 0. The molecule has 3 rings (SSSR count). The molecular weight excluding hydrogens is 324 g/mol. The summed E-state index contributed by atoms with van der Waals surface area (Å²) in [4.78, 5) is 5.37. The van der Waals surface area contributed by atoms with Crippen molar-refractivity contribution in [2.75, 3.05) is 26.2 Å². The van der Waals surface area contributed by atoms with Crippen molar-refractivity contribution in [2.24, 2.45) is 5.92 Å². The molecule has 1 saturated carbocycles. The van der Waals surface area contributed by atoms with Crippen LogP contribution in [0.25, 0.3) is 0 Å². The van der Waals surface area contributed by atoms with Gasteiger partial charge in [-0.2, -0.15) is 0 Å². The highest BCUT2D eigenvalue weighted by Gasteiger charge is 2.34. The van der Waals surface area contributed by atoms with Gasteiger partial charge in [-0.1, -0.05) is 33.6 Å². The Hall–Kier alpha value is -1.01. The quantitative estimate of drug-likeness (QED) is 0.743. The lowest BCUT2D eigenvalue weighted by Crippen LogP contribution is -2.51. The van der Waals surface area contributed by atoms with Gasteiger partial charge in [0.1, 0.15) is 0 Å². The van der Waals surface area contributed by atoms with E-state index in [1.807, 2.05) is 0 Å². The summed E-state index contributed by atoms with van der Waals surface area (Å²) >= 11 is 0. The Morgan fingerprint density at radius 3 is 2.31 bits per heavy atom. The Morgan fingerprint density at radius 1 is 1.08 bits per heavy atom. The predicted octanol–water partition coefficient (Wildman–Crippen LogP) is 3.47. The first-order chi connectivity index (χ1) is 12.4. The molecule has 6 heteroatoms. The van der Waals surface area contributed by atoms with E-state index in [1.165, 1.54) is 38.8 Å².